The molecule has 1 unspecified atom stereocenters. The van der Waals surface area contributed by atoms with Crippen molar-refractivity contribution in [2.45, 2.75) is 59.4 Å². The number of hydrogen-bond acceptors (Lipinski definition) is 9. The number of likely N-dealkylation sites (tertiary alicyclic amines) is 1. The van der Waals surface area contributed by atoms with Gasteiger partial charge in [-0.05, 0) is 78.7 Å². The van der Waals surface area contributed by atoms with Crippen molar-refractivity contribution in [3.63, 3.8) is 0 Å². The Balaban J connectivity index is 0.00000108. The lowest BCUT2D eigenvalue weighted by Crippen LogP contribution is -2.29. The fourth-order valence-corrected chi connectivity index (χ4v) is 4.83. The van der Waals surface area contributed by atoms with E-state index in [4.69, 9.17) is 35.6 Å². The summed E-state index contributed by atoms with van der Waals surface area (Å²) in [6.45, 7) is 11.1. The second kappa shape index (κ2) is 16.3. The number of amides is 1. The fraction of sp³-hybridized carbons (Fsp3) is 0.533. The summed E-state index contributed by atoms with van der Waals surface area (Å²) >= 11 is 6.61. The summed E-state index contributed by atoms with van der Waals surface area (Å²) < 4.78 is 22.1. The van der Waals surface area contributed by atoms with Crippen LogP contribution in [-0.4, -0.2) is 79.5 Å². The van der Waals surface area contributed by atoms with Gasteiger partial charge in [-0.1, -0.05) is 16.8 Å². The molecular formula is C30H42ClN5O5. The van der Waals surface area contributed by atoms with Crippen molar-refractivity contribution in [1.29, 1.82) is 0 Å². The second-order valence-corrected chi connectivity index (χ2v) is 10.2. The first kappa shape index (κ1) is 32.3. The van der Waals surface area contributed by atoms with E-state index in [2.05, 4.69) is 15.2 Å². The highest BCUT2D eigenvalue weighted by Gasteiger charge is 2.25. The normalized spacial score (nSPS) is 14.5. The van der Waals surface area contributed by atoms with Crippen molar-refractivity contribution in [2.24, 2.45) is 0 Å². The molecule has 4 rings (SSSR count). The van der Waals surface area contributed by atoms with Crippen molar-refractivity contribution in [3.05, 3.63) is 40.2 Å². The highest BCUT2D eigenvalue weighted by Crippen LogP contribution is 2.37. The zero-order valence-corrected chi connectivity index (χ0v) is 25.7. The molecule has 0 aliphatic carbocycles. The van der Waals surface area contributed by atoms with E-state index in [0.717, 1.165) is 68.6 Å². The van der Waals surface area contributed by atoms with E-state index in [1.807, 2.05) is 51.8 Å². The summed E-state index contributed by atoms with van der Waals surface area (Å²) in [5.74, 6) is 2.25. The summed E-state index contributed by atoms with van der Waals surface area (Å²) in [7, 11) is 3.59. The van der Waals surface area contributed by atoms with Crippen LogP contribution < -0.4 is 14.8 Å². The molecule has 224 valence electrons. The summed E-state index contributed by atoms with van der Waals surface area (Å²) in [5.41, 5.74) is 3.66. The van der Waals surface area contributed by atoms with Crippen molar-refractivity contribution < 1.29 is 23.5 Å². The van der Waals surface area contributed by atoms with Crippen LogP contribution in [0.3, 0.4) is 0 Å². The van der Waals surface area contributed by atoms with Gasteiger partial charge in [-0.15, -0.1) is 0 Å². The Morgan fingerprint density at radius 3 is 2.63 bits per heavy atom. The van der Waals surface area contributed by atoms with Gasteiger partial charge in [-0.25, -0.2) is 4.98 Å². The lowest BCUT2D eigenvalue weighted by Gasteiger charge is -2.20. The second-order valence-electron chi connectivity index (χ2n) is 9.83. The predicted octanol–water partition coefficient (Wildman–Crippen LogP) is 5.41. The molecular weight excluding hydrogens is 546 g/mol. The number of nitrogens with one attached hydrogen (secondary N) is 1. The molecule has 3 aromatic rings. The molecule has 1 aromatic carbocycles. The highest BCUT2D eigenvalue weighted by molar-refractivity contribution is 6.33. The van der Waals surface area contributed by atoms with Crippen molar-refractivity contribution in [2.75, 3.05) is 47.1 Å². The Morgan fingerprint density at radius 2 is 1.98 bits per heavy atom. The zero-order valence-electron chi connectivity index (χ0n) is 25.0. The molecule has 3 heterocycles. The fourth-order valence-electron chi connectivity index (χ4n) is 4.62. The Hall–Kier alpha value is -3.21. The average molecular weight is 588 g/mol. The van der Waals surface area contributed by atoms with Crippen LogP contribution in [0.5, 0.6) is 11.6 Å². The van der Waals surface area contributed by atoms with E-state index < -0.39 is 0 Å². The lowest BCUT2D eigenvalue weighted by atomic mass is 10.1. The van der Waals surface area contributed by atoms with Crippen LogP contribution in [0.1, 0.15) is 49.6 Å². The smallest absolute Gasteiger partial charge is 0.220 e. The van der Waals surface area contributed by atoms with Crippen LogP contribution in [-0.2, 0) is 9.53 Å². The molecule has 1 N–H and O–H groups in total. The van der Waals surface area contributed by atoms with Crippen LogP contribution in [0.15, 0.2) is 22.7 Å². The molecule has 11 heteroatoms. The molecule has 1 amide bonds. The minimum atomic E-state index is 0.187. The third-order valence-electron chi connectivity index (χ3n) is 6.93. The van der Waals surface area contributed by atoms with Gasteiger partial charge in [0.25, 0.3) is 0 Å². The quantitative estimate of drug-likeness (QED) is 0.207. The van der Waals surface area contributed by atoms with Crippen molar-refractivity contribution in [1.82, 2.24) is 25.3 Å². The zero-order chi connectivity index (χ0) is 29.8. The molecule has 0 spiro atoms. The number of carbonyl (C=O) groups is 1. The Morgan fingerprint density at radius 1 is 1.20 bits per heavy atom. The predicted molar refractivity (Wildman–Crippen MR) is 160 cm³/mol. The average Bonchev–Trinajstić information content (AvgIpc) is 3.58. The molecule has 1 fully saturated rings. The molecule has 0 bridgehead atoms. The van der Waals surface area contributed by atoms with Crippen LogP contribution in [0.4, 0.5) is 0 Å². The van der Waals surface area contributed by atoms with E-state index in [1.54, 1.807) is 13.2 Å². The molecule has 1 atom stereocenters. The van der Waals surface area contributed by atoms with Gasteiger partial charge in [0, 0.05) is 43.9 Å². The van der Waals surface area contributed by atoms with Gasteiger partial charge in [-0.3, -0.25) is 4.79 Å². The maximum Gasteiger partial charge on any atom is 0.220 e. The lowest BCUT2D eigenvalue weighted by molar-refractivity contribution is -0.119. The number of nitrogens with zero attached hydrogens (tertiary/aromatic N) is 4. The molecule has 0 radical (unpaired) electrons. The molecule has 1 saturated heterocycles. The summed E-state index contributed by atoms with van der Waals surface area (Å²) in [6.07, 6.45) is 4.54. The van der Waals surface area contributed by atoms with Gasteiger partial charge < -0.3 is 29.0 Å². The number of rotatable bonds is 13. The number of methoxy groups -OCH3 is 1. The number of carbonyl (C=O) groups excluding carboxylic acids is 1. The van der Waals surface area contributed by atoms with Gasteiger partial charge in [0.05, 0.1) is 35.2 Å². The van der Waals surface area contributed by atoms with Crippen LogP contribution >= 0.6 is 11.6 Å². The number of aromatic nitrogens is 3. The number of benzene rings is 1. The largest absolute Gasteiger partial charge is 0.494 e. The summed E-state index contributed by atoms with van der Waals surface area (Å²) in [6, 6.07) is 5.67. The molecule has 10 nitrogen and oxygen atoms in total. The molecule has 1 aliphatic heterocycles. The minimum Gasteiger partial charge on any atom is -0.494 e. The Labute approximate surface area is 247 Å². The molecule has 1 aliphatic rings. The molecule has 41 heavy (non-hydrogen) atoms. The number of aryl methyl sites for hydroxylation is 2. The number of hydrogen-bond donors (Lipinski definition) is 1. The van der Waals surface area contributed by atoms with Crippen molar-refractivity contribution in [3.8, 4) is 34.3 Å². The molecule has 2 aromatic heterocycles. The van der Waals surface area contributed by atoms with Crippen LogP contribution in [0, 0.1) is 20.8 Å². The van der Waals surface area contributed by atoms with E-state index in [0.29, 0.717) is 52.7 Å². The first-order chi connectivity index (χ1) is 19.8. The monoisotopic (exact) mass is 587 g/mol. The summed E-state index contributed by atoms with van der Waals surface area (Å²) in [4.78, 5) is 22.8. The van der Waals surface area contributed by atoms with E-state index in [1.165, 1.54) is 0 Å². The van der Waals surface area contributed by atoms with Gasteiger partial charge in [0.2, 0.25) is 12.3 Å². The SMILES string of the molecule is CCOC.CNCCCOc1ccc(Cl)c(-c2nc(OCCC3CCCN3C=O)c(C)c(-c3c(C)noc3C)n2)c1. The van der Waals surface area contributed by atoms with Gasteiger partial charge in [0.1, 0.15) is 11.5 Å². The minimum absolute atomic E-state index is 0.187. The Kier molecular flexibility index (Phi) is 12.8. The summed E-state index contributed by atoms with van der Waals surface area (Å²) in [5, 5.41) is 7.73. The van der Waals surface area contributed by atoms with Crippen molar-refractivity contribution >= 4 is 18.0 Å². The topological polar surface area (TPSA) is 112 Å². The van der Waals surface area contributed by atoms with Gasteiger partial charge >= 0.3 is 0 Å². The maximum absolute atomic E-state index is 11.3. The molecule has 0 saturated carbocycles. The van der Waals surface area contributed by atoms with Crippen LogP contribution in [0.25, 0.3) is 22.6 Å². The van der Waals surface area contributed by atoms with E-state index >= 15 is 0 Å². The van der Waals surface area contributed by atoms with E-state index in [-0.39, 0.29) is 6.04 Å². The number of ether oxygens (including phenoxy) is 3. The van der Waals surface area contributed by atoms with Gasteiger partial charge in [0.15, 0.2) is 5.82 Å². The standard InChI is InChI=1S/C27H34ClN5O4.C3H8O/c1-17-25(24-18(2)32-37-19(24)3)30-26(22-15-21(8-9-23(22)28)35-13-6-11-29-4)31-27(17)36-14-10-20-7-5-12-33(20)16-34;1-3-4-2/h8-9,15-16,20,29H,5-7,10-14H2,1-4H3;3H2,1-2H3. The first-order valence-electron chi connectivity index (χ1n) is 14.1. The van der Waals surface area contributed by atoms with Crippen LogP contribution in [0.2, 0.25) is 5.02 Å². The Bertz CT molecular complexity index is 1250. The maximum atomic E-state index is 11.3. The highest BCUT2D eigenvalue weighted by atomic mass is 35.5. The first-order valence-corrected chi connectivity index (χ1v) is 14.4. The third-order valence-corrected chi connectivity index (χ3v) is 7.26. The number of halogens is 1. The third kappa shape index (κ3) is 8.64. The van der Waals surface area contributed by atoms with Gasteiger partial charge in [-0.2, -0.15) is 4.98 Å². The van der Waals surface area contributed by atoms with E-state index in [9.17, 15) is 4.79 Å².